The molecule has 1 heterocycles. The molecule has 0 aliphatic rings. The monoisotopic (exact) mass is 416 g/mol. The summed E-state index contributed by atoms with van der Waals surface area (Å²) in [5.74, 6) is -1.22. The van der Waals surface area contributed by atoms with Crippen molar-refractivity contribution in [3.8, 4) is 0 Å². The fourth-order valence-corrected chi connectivity index (χ4v) is 3.27. The number of nitrogens with two attached hydrogens (primary N) is 1. The SMILES string of the molecule is COC(=O)[C@H](Cc1c[nH]c2ccccc12)NC(=O)C(C)(C)NC(=O)[C@@H](N)CC(C)C. The predicted octanol–water partition coefficient (Wildman–Crippen LogP) is 1.64. The maximum atomic E-state index is 12.9. The zero-order valence-corrected chi connectivity index (χ0v) is 18.2. The van der Waals surface area contributed by atoms with Crippen LogP contribution < -0.4 is 16.4 Å². The van der Waals surface area contributed by atoms with Crippen LogP contribution in [0.25, 0.3) is 10.9 Å². The number of rotatable bonds is 9. The normalized spacial score (nSPS) is 13.7. The molecule has 8 nitrogen and oxygen atoms in total. The highest BCUT2D eigenvalue weighted by Gasteiger charge is 2.34. The van der Waals surface area contributed by atoms with Crippen LogP contribution in [0.1, 0.15) is 39.7 Å². The second-order valence-corrected chi connectivity index (χ2v) is 8.46. The Hall–Kier alpha value is -2.87. The highest BCUT2D eigenvalue weighted by molar-refractivity contribution is 5.94. The van der Waals surface area contributed by atoms with E-state index in [0.717, 1.165) is 16.5 Å². The number of nitrogens with one attached hydrogen (secondary N) is 3. The van der Waals surface area contributed by atoms with E-state index in [4.69, 9.17) is 10.5 Å². The van der Waals surface area contributed by atoms with Gasteiger partial charge < -0.3 is 26.1 Å². The number of esters is 1. The molecular formula is C22H32N4O4. The van der Waals surface area contributed by atoms with Crippen LogP contribution >= 0.6 is 0 Å². The number of methoxy groups -OCH3 is 1. The van der Waals surface area contributed by atoms with Gasteiger partial charge in [0.1, 0.15) is 11.6 Å². The number of aromatic amines is 1. The van der Waals surface area contributed by atoms with Crippen molar-refractivity contribution >= 4 is 28.7 Å². The Labute approximate surface area is 176 Å². The highest BCUT2D eigenvalue weighted by atomic mass is 16.5. The summed E-state index contributed by atoms with van der Waals surface area (Å²) in [6.07, 6.45) is 2.57. The number of fused-ring (bicyclic) bond motifs is 1. The van der Waals surface area contributed by atoms with E-state index < -0.39 is 35.4 Å². The van der Waals surface area contributed by atoms with Crippen molar-refractivity contribution in [1.29, 1.82) is 0 Å². The van der Waals surface area contributed by atoms with Gasteiger partial charge in [0.2, 0.25) is 11.8 Å². The number of ether oxygens (including phenoxy) is 1. The van der Waals surface area contributed by atoms with Gasteiger partial charge in [0.15, 0.2) is 0 Å². The van der Waals surface area contributed by atoms with Crippen LogP contribution in [0.15, 0.2) is 30.5 Å². The lowest BCUT2D eigenvalue weighted by molar-refractivity contribution is -0.146. The molecule has 0 aliphatic heterocycles. The van der Waals surface area contributed by atoms with E-state index in [1.165, 1.54) is 7.11 Å². The van der Waals surface area contributed by atoms with Crippen molar-refractivity contribution in [2.75, 3.05) is 7.11 Å². The lowest BCUT2D eigenvalue weighted by Crippen LogP contribution is -2.60. The Balaban J connectivity index is 2.12. The Morgan fingerprint density at radius 2 is 1.87 bits per heavy atom. The van der Waals surface area contributed by atoms with Gasteiger partial charge in [-0.05, 0) is 37.8 Å². The minimum absolute atomic E-state index is 0.249. The van der Waals surface area contributed by atoms with Crippen LogP contribution in [0.2, 0.25) is 0 Å². The number of aromatic nitrogens is 1. The smallest absolute Gasteiger partial charge is 0.328 e. The van der Waals surface area contributed by atoms with Crippen LogP contribution in [0.4, 0.5) is 0 Å². The first-order valence-corrected chi connectivity index (χ1v) is 10.1. The van der Waals surface area contributed by atoms with Crippen molar-refractivity contribution in [2.45, 2.75) is 58.2 Å². The molecule has 2 atom stereocenters. The second kappa shape index (κ2) is 9.75. The molecular weight excluding hydrogens is 384 g/mol. The van der Waals surface area contributed by atoms with Crippen molar-refractivity contribution in [3.63, 3.8) is 0 Å². The Morgan fingerprint density at radius 3 is 2.50 bits per heavy atom. The van der Waals surface area contributed by atoms with Crippen LogP contribution in [-0.4, -0.2) is 47.5 Å². The summed E-state index contributed by atoms with van der Waals surface area (Å²) in [4.78, 5) is 40.7. The first-order chi connectivity index (χ1) is 14.0. The number of amides is 2. The molecule has 1 aromatic carbocycles. The van der Waals surface area contributed by atoms with Crippen molar-refractivity contribution in [2.24, 2.45) is 11.7 Å². The second-order valence-electron chi connectivity index (χ2n) is 8.46. The summed E-state index contributed by atoms with van der Waals surface area (Å²) < 4.78 is 4.88. The molecule has 30 heavy (non-hydrogen) atoms. The molecule has 0 unspecified atom stereocenters. The molecule has 0 saturated heterocycles. The van der Waals surface area contributed by atoms with Crippen molar-refractivity contribution in [3.05, 3.63) is 36.0 Å². The van der Waals surface area contributed by atoms with Gasteiger partial charge in [-0.25, -0.2) is 4.79 Å². The number of carbonyl (C=O) groups excluding carboxylic acids is 3. The maximum Gasteiger partial charge on any atom is 0.328 e. The van der Waals surface area contributed by atoms with E-state index >= 15 is 0 Å². The van der Waals surface area contributed by atoms with Crippen LogP contribution in [-0.2, 0) is 25.5 Å². The van der Waals surface area contributed by atoms with Gasteiger partial charge in [0, 0.05) is 23.5 Å². The molecule has 0 fully saturated rings. The molecule has 5 N–H and O–H groups in total. The average molecular weight is 417 g/mol. The molecule has 164 valence electrons. The Morgan fingerprint density at radius 1 is 1.20 bits per heavy atom. The van der Waals surface area contributed by atoms with E-state index in [1.807, 2.05) is 44.3 Å². The maximum absolute atomic E-state index is 12.9. The average Bonchev–Trinajstić information content (AvgIpc) is 3.08. The summed E-state index contributed by atoms with van der Waals surface area (Å²) in [5, 5.41) is 6.36. The van der Waals surface area contributed by atoms with Crippen LogP contribution in [0.5, 0.6) is 0 Å². The molecule has 2 amide bonds. The lowest BCUT2D eigenvalue weighted by Gasteiger charge is -2.29. The van der Waals surface area contributed by atoms with Crippen LogP contribution in [0, 0.1) is 5.92 Å². The number of carbonyl (C=O) groups is 3. The molecule has 2 aromatic rings. The molecule has 0 saturated carbocycles. The van der Waals surface area contributed by atoms with E-state index in [2.05, 4.69) is 15.6 Å². The summed E-state index contributed by atoms with van der Waals surface area (Å²) in [6.45, 7) is 7.08. The summed E-state index contributed by atoms with van der Waals surface area (Å²) >= 11 is 0. The fourth-order valence-electron chi connectivity index (χ4n) is 3.27. The quantitative estimate of drug-likeness (QED) is 0.462. The molecule has 0 bridgehead atoms. The van der Waals surface area contributed by atoms with Gasteiger partial charge >= 0.3 is 5.97 Å². The van der Waals surface area contributed by atoms with Crippen molar-refractivity contribution in [1.82, 2.24) is 15.6 Å². The fraction of sp³-hybridized carbons (Fsp3) is 0.500. The van der Waals surface area contributed by atoms with Crippen molar-refractivity contribution < 1.29 is 19.1 Å². The minimum Gasteiger partial charge on any atom is -0.467 e. The van der Waals surface area contributed by atoms with Gasteiger partial charge in [-0.2, -0.15) is 0 Å². The largest absolute Gasteiger partial charge is 0.467 e. The number of hydrogen-bond acceptors (Lipinski definition) is 5. The van der Waals surface area contributed by atoms with Gasteiger partial charge in [-0.3, -0.25) is 9.59 Å². The van der Waals surface area contributed by atoms with Gasteiger partial charge in [0.25, 0.3) is 0 Å². The Bertz CT molecular complexity index is 903. The standard InChI is InChI=1S/C22H32N4O4/c1-13(2)10-16(23)19(27)26-22(3,4)21(29)25-18(20(28)30-5)11-14-12-24-17-9-7-6-8-15(14)17/h6-9,12-13,16,18,24H,10-11,23H2,1-5H3,(H,25,29)(H,26,27)/t16-,18-/m0/s1. The number of para-hydroxylation sites is 1. The number of H-pyrrole nitrogens is 1. The predicted molar refractivity (Wildman–Crippen MR) is 116 cm³/mol. The minimum atomic E-state index is -1.25. The first kappa shape index (κ1) is 23.4. The lowest BCUT2D eigenvalue weighted by atomic mass is 9.99. The highest BCUT2D eigenvalue weighted by Crippen LogP contribution is 2.19. The molecule has 8 heteroatoms. The van der Waals surface area contributed by atoms with E-state index in [0.29, 0.717) is 6.42 Å². The van der Waals surface area contributed by atoms with Gasteiger partial charge in [0.05, 0.1) is 13.2 Å². The zero-order valence-electron chi connectivity index (χ0n) is 18.2. The number of hydrogen-bond donors (Lipinski definition) is 4. The van der Waals surface area contributed by atoms with E-state index in [9.17, 15) is 14.4 Å². The zero-order chi connectivity index (χ0) is 22.5. The third-order valence-corrected chi connectivity index (χ3v) is 4.96. The molecule has 0 aliphatic carbocycles. The van der Waals surface area contributed by atoms with E-state index in [1.54, 1.807) is 13.8 Å². The van der Waals surface area contributed by atoms with Gasteiger partial charge in [-0.1, -0.05) is 32.0 Å². The summed E-state index contributed by atoms with van der Waals surface area (Å²) in [7, 11) is 1.27. The first-order valence-electron chi connectivity index (χ1n) is 10.1. The molecule has 1 aromatic heterocycles. The topological polar surface area (TPSA) is 126 Å². The summed E-state index contributed by atoms with van der Waals surface area (Å²) in [6, 6.07) is 6.09. The molecule has 0 spiro atoms. The van der Waals surface area contributed by atoms with Crippen LogP contribution in [0.3, 0.4) is 0 Å². The Kier molecular flexibility index (Phi) is 7.61. The molecule has 2 rings (SSSR count). The third-order valence-electron chi connectivity index (χ3n) is 4.96. The summed E-state index contributed by atoms with van der Waals surface area (Å²) in [5.41, 5.74) is 6.48. The van der Waals surface area contributed by atoms with E-state index in [-0.39, 0.29) is 12.3 Å². The van der Waals surface area contributed by atoms with Gasteiger partial charge in [-0.15, -0.1) is 0 Å². The third kappa shape index (κ3) is 5.82. The number of benzene rings is 1. The molecule has 0 radical (unpaired) electrons.